The molecule has 3 nitrogen and oxygen atoms in total. The second-order valence-electron chi connectivity index (χ2n) is 0.565. The molecule has 0 aliphatic rings. The van der Waals surface area contributed by atoms with Gasteiger partial charge in [0.2, 0.25) is 0 Å². The third kappa shape index (κ3) is 4.17. The average molecular weight is 154 g/mol. The molecule has 0 rings (SSSR count). The topological polar surface area (TPSA) is 50.1 Å². The second-order valence-corrected chi connectivity index (χ2v) is 1.24. The number of hydrazine groups is 1. The van der Waals surface area contributed by atoms with Crippen molar-refractivity contribution < 1.29 is 16.2 Å². The summed E-state index contributed by atoms with van der Waals surface area (Å²) in [5.41, 5.74) is 7.16. The van der Waals surface area contributed by atoms with Crippen LogP contribution in [0.5, 0.6) is 0 Å². The fourth-order valence-electron chi connectivity index (χ4n) is 0.0371. The number of rotatable bonds is 1. The molecule has 0 saturated carbocycles. The van der Waals surface area contributed by atoms with Gasteiger partial charge in [-0.2, -0.15) is 0 Å². The van der Waals surface area contributed by atoms with Crippen LogP contribution in [0.1, 0.15) is 0 Å². The summed E-state index contributed by atoms with van der Waals surface area (Å²) in [6, 6.07) is 0. The van der Waals surface area contributed by atoms with E-state index in [0.717, 1.165) is 0 Å². The van der Waals surface area contributed by atoms with Gasteiger partial charge in [0.15, 0.2) is 0 Å². The Hall–Kier alpha value is 0.169. The first-order chi connectivity index (χ1) is 2.77. The van der Waals surface area contributed by atoms with Gasteiger partial charge in [0.1, 0.15) is 0 Å². The zero-order chi connectivity index (χ0) is 4.99. The Kier molecular flexibility index (Phi) is 3.46. The van der Waals surface area contributed by atoms with Crippen LogP contribution in [-0.2, 0) is 16.2 Å². The van der Waals surface area contributed by atoms with Crippen LogP contribution >= 0.6 is 12.2 Å². The van der Waals surface area contributed by atoms with Crippen molar-refractivity contribution in [3.8, 4) is 0 Å². The molecule has 0 aromatic heterocycles. The molecule has 0 radical (unpaired) electrons. The fraction of sp³-hybridized carbons (Fsp3) is 0. The van der Waals surface area contributed by atoms with E-state index in [1.54, 1.807) is 0 Å². The molecule has 0 atom stereocenters. The van der Waals surface area contributed by atoms with Gasteiger partial charge in [-0.3, -0.25) is 0 Å². The van der Waals surface area contributed by atoms with Gasteiger partial charge in [-0.15, -0.1) is 0 Å². The minimum atomic E-state index is 0.152. The summed E-state index contributed by atoms with van der Waals surface area (Å²) >= 11 is 8.65. The van der Waals surface area contributed by atoms with Crippen molar-refractivity contribution in [2.45, 2.75) is 0 Å². The molecule has 4 N–H and O–H groups in total. The standard InChI is InChI=1S/CH4N3S.Cu/c2-1(5)4-3;/h3H,(H3,2,4,5);/q-1;+1. The van der Waals surface area contributed by atoms with Crippen molar-refractivity contribution in [3.63, 3.8) is 0 Å². The summed E-state index contributed by atoms with van der Waals surface area (Å²) in [6.07, 6.45) is 0. The summed E-state index contributed by atoms with van der Waals surface area (Å²) in [6.45, 7) is 0. The van der Waals surface area contributed by atoms with Crippen LogP contribution in [-0.4, -0.2) is 5.11 Å². The van der Waals surface area contributed by atoms with Gasteiger partial charge in [0.25, 0.3) is 0 Å². The molecule has 0 heterocycles. The van der Waals surface area contributed by atoms with Gasteiger partial charge in [0, 0.05) is 0 Å². The first kappa shape index (κ1) is 6.17. The Morgan fingerprint density at radius 2 is 2.33 bits per heavy atom. The molecule has 0 aliphatic carbocycles. The molecular formula is CH4CuN3S. The summed E-state index contributed by atoms with van der Waals surface area (Å²) in [4.78, 5) is 0. The molecule has 0 saturated heterocycles. The second kappa shape index (κ2) is 3.36. The van der Waals surface area contributed by atoms with E-state index < -0.39 is 0 Å². The summed E-state index contributed by atoms with van der Waals surface area (Å²) < 4.78 is 2.11. The Morgan fingerprint density at radius 3 is 2.33 bits per heavy atom. The van der Waals surface area contributed by atoms with Crippen LogP contribution in [0.3, 0.4) is 0 Å². The van der Waals surface area contributed by atoms with Gasteiger partial charge in [0.05, 0.1) is 0 Å². The van der Waals surface area contributed by atoms with E-state index in [4.69, 9.17) is 5.73 Å². The van der Waals surface area contributed by atoms with E-state index in [2.05, 4.69) is 38.3 Å². The Morgan fingerprint density at radius 1 is 1.83 bits per heavy atom. The van der Waals surface area contributed by atoms with E-state index in [-0.39, 0.29) is 5.11 Å². The van der Waals surface area contributed by atoms with E-state index in [1.807, 2.05) is 0 Å². The number of nitrogens with two attached hydrogens (primary N) is 1. The Labute approximate surface area is 49.7 Å². The Bertz CT molecular complexity index is 54.8. The van der Waals surface area contributed by atoms with Crippen molar-refractivity contribution in [2.24, 2.45) is 5.73 Å². The van der Waals surface area contributed by atoms with Gasteiger partial charge in [-0.05, 0) is 0 Å². The zero-order valence-corrected chi connectivity index (χ0v) is 4.55. The van der Waals surface area contributed by atoms with Crippen LogP contribution in [0, 0.1) is 0 Å². The van der Waals surface area contributed by atoms with E-state index in [0.29, 0.717) is 0 Å². The monoisotopic (exact) mass is 153 g/mol. The van der Waals surface area contributed by atoms with Crippen molar-refractivity contribution in [1.82, 2.24) is 9.87 Å². The number of hydrogen-bond donors (Lipinski definition) is 3. The predicted molar refractivity (Wildman–Crippen MR) is 23.1 cm³/mol. The quantitative estimate of drug-likeness (QED) is 0.251. The van der Waals surface area contributed by atoms with Crippen LogP contribution in [0.15, 0.2) is 0 Å². The first-order valence-corrected chi connectivity index (χ1v) is 2.02. The SMILES string of the molecule is NC(=S)N[NH][Cu]. The minimum absolute atomic E-state index is 0.152. The molecule has 6 heavy (non-hydrogen) atoms. The average Bonchev–Trinajstić information content (AvgIpc) is 1.35. The number of thiocarbonyl (C=S) groups is 1. The molecule has 0 amide bonds. The van der Waals surface area contributed by atoms with Gasteiger partial charge in [-0.1, -0.05) is 0 Å². The van der Waals surface area contributed by atoms with E-state index >= 15 is 0 Å². The molecule has 0 fully saturated rings. The zero-order valence-electron chi connectivity index (χ0n) is 2.79. The molecule has 0 aromatic carbocycles. The van der Waals surface area contributed by atoms with Gasteiger partial charge < -0.3 is 0 Å². The maximum absolute atomic E-state index is 4.89. The fourth-order valence-corrected chi connectivity index (χ4v) is 0.280. The maximum atomic E-state index is 4.89. The predicted octanol–water partition coefficient (Wildman–Crippen LogP) is -1.21. The normalized spacial score (nSPS) is 7.67. The van der Waals surface area contributed by atoms with E-state index in [1.165, 1.54) is 0 Å². The number of nitrogens with one attached hydrogen (secondary N) is 2. The molecule has 0 aromatic rings. The molecule has 0 bridgehead atoms. The summed E-state index contributed by atoms with van der Waals surface area (Å²) in [7, 11) is 0. The summed E-state index contributed by atoms with van der Waals surface area (Å²) in [5.74, 6) is 0. The van der Waals surface area contributed by atoms with Crippen molar-refractivity contribution >= 4 is 17.3 Å². The summed E-state index contributed by atoms with van der Waals surface area (Å²) in [5, 5.41) is 0.152. The third-order valence-electron chi connectivity index (χ3n) is 0.161. The van der Waals surface area contributed by atoms with E-state index in [9.17, 15) is 0 Å². The third-order valence-corrected chi connectivity index (χ3v) is 0.381. The molecule has 0 spiro atoms. The molecule has 40 valence electrons. The van der Waals surface area contributed by atoms with Crippen LogP contribution < -0.4 is 15.6 Å². The van der Waals surface area contributed by atoms with Crippen LogP contribution in [0.2, 0.25) is 0 Å². The van der Waals surface area contributed by atoms with Gasteiger partial charge >= 0.3 is 49.2 Å². The molecular weight excluding hydrogens is 150 g/mol. The Balaban J connectivity index is 2.83. The van der Waals surface area contributed by atoms with Crippen LogP contribution in [0.25, 0.3) is 0 Å². The van der Waals surface area contributed by atoms with Crippen molar-refractivity contribution in [1.29, 1.82) is 0 Å². The van der Waals surface area contributed by atoms with Crippen molar-refractivity contribution in [2.75, 3.05) is 0 Å². The van der Waals surface area contributed by atoms with Crippen LogP contribution in [0.4, 0.5) is 0 Å². The molecule has 5 heteroatoms. The molecule has 0 unspecified atom stereocenters. The molecule has 0 aliphatic heterocycles. The number of hydrogen-bond acceptors (Lipinski definition) is 2. The van der Waals surface area contributed by atoms with Crippen molar-refractivity contribution in [3.05, 3.63) is 0 Å². The van der Waals surface area contributed by atoms with Gasteiger partial charge in [-0.25, -0.2) is 0 Å². The first-order valence-electron chi connectivity index (χ1n) is 1.14.